The van der Waals surface area contributed by atoms with E-state index in [0.29, 0.717) is 23.7 Å². The maximum Gasteiger partial charge on any atom is 0.267 e. The summed E-state index contributed by atoms with van der Waals surface area (Å²) in [5, 5.41) is 13.5. The van der Waals surface area contributed by atoms with Crippen molar-refractivity contribution < 1.29 is 14.4 Å². The summed E-state index contributed by atoms with van der Waals surface area (Å²) in [5.74, 6) is -0.174. The number of nitrogens with zero attached hydrogens (tertiary/aromatic N) is 2. The van der Waals surface area contributed by atoms with Crippen LogP contribution >= 0.6 is 22.9 Å². The number of hydrogen-bond donors (Lipinski definition) is 3. The summed E-state index contributed by atoms with van der Waals surface area (Å²) in [6.45, 7) is 0. The molecule has 0 bridgehead atoms. The Hall–Kier alpha value is -4.11. The van der Waals surface area contributed by atoms with Crippen LogP contribution in [-0.2, 0) is 17.6 Å². The number of halogens is 2. The minimum absolute atomic E-state index is 0.239. The molecule has 3 aromatic carbocycles. The topological polar surface area (TPSA) is 87.1 Å². The third-order valence-corrected chi connectivity index (χ3v) is 7.40. The number of rotatable bonds is 8. The van der Waals surface area contributed by atoms with Gasteiger partial charge in [0.1, 0.15) is 18.0 Å². The fourth-order valence-electron chi connectivity index (χ4n) is 4.04. The van der Waals surface area contributed by atoms with Crippen LogP contribution in [0.2, 0.25) is 5.02 Å². The molecule has 0 aliphatic heterocycles. The number of carbonyl (C=O) groups excluding carboxylic acids is 1. The van der Waals surface area contributed by atoms with Crippen LogP contribution in [0.15, 0.2) is 85.2 Å². The van der Waals surface area contributed by atoms with Crippen LogP contribution in [0.4, 0.5) is 15.9 Å². The highest BCUT2D eigenvalue weighted by atomic mass is 35.5. The van der Waals surface area contributed by atoms with Crippen molar-refractivity contribution in [3.63, 3.8) is 0 Å². The molecule has 0 atom stereocenters. The van der Waals surface area contributed by atoms with Crippen molar-refractivity contribution in [2.75, 3.05) is 5.32 Å². The first-order valence-electron chi connectivity index (χ1n) is 11.8. The Labute approximate surface area is 227 Å². The highest BCUT2D eigenvalue weighted by Crippen LogP contribution is 2.33. The molecule has 0 radical (unpaired) electrons. The number of amides is 1. The summed E-state index contributed by atoms with van der Waals surface area (Å²) in [6, 6.07) is 22.2. The van der Waals surface area contributed by atoms with E-state index in [1.54, 1.807) is 23.7 Å². The van der Waals surface area contributed by atoms with Crippen LogP contribution in [0.25, 0.3) is 27.4 Å². The van der Waals surface area contributed by atoms with E-state index in [1.165, 1.54) is 29.8 Å². The Morgan fingerprint density at radius 3 is 2.74 bits per heavy atom. The predicted octanol–water partition coefficient (Wildman–Crippen LogP) is 7.20. The van der Waals surface area contributed by atoms with Crippen molar-refractivity contribution in [3.05, 3.63) is 112 Å². The molecule has 9 heteroatoms. The molecular weight excluding hydrogens is 523 g/mol. The summed E-state index contributed by atoms with van der Waals surface area (Å²) in [6.07, 6.45) is 5.81. The van der Waals surface area contributed by atoms with Crippen LogP contribution in [0.5, 0.6) is 0 Å². The second-order valence-corrected chi connectivity index (χ2v) is 10.0. The number of anilines is 2. The molecule has 1 amide bonds. The molecule has 2 aromatic heterocycles. The number of hydroxylamine groups is 1. The van der Waals surface area contributed by atoms with Gasteiger partial charge in [-0.3, -0.25) is 10.0 Å². The lowest BCUT2D eigenvalue weighted by Gasteiger charge is -2.11. The van der Waals surface area contributed by atoms with E-state index in [4.69, 9.17) is 16.8 Å². The molecule has 190 valence electrons. The Balaban J connectivity index is 1.35. The third kappa shape index (κ3) is 6.06. The molecule has 0 saturated carbocycles. The van der Waals surface area contributed by atoms with Crippen molar-refractivity contribution in [1.29, 1.82) is 0 Å². The van der Waals surface area contributed by atoms with Gasteiger partial charge < -0.3 is 5.32 Å². The second kappa shape index (κ2) is 11.5. The van der Waals surface area contributed by atoms with Crippen LogP contribution < -0.4 is 10.8 Å². The number of hydrogen-bond acceptors (Lipinski definition) is 6. The zero-order valence-electron chi connectivity index (χ0n) is 20.0. The highest BCUT2D eigenvalue weighted by Gasteiger charge is 2.10. The maximum absolute atomic E-state index is 13.5. The Bertz CT molecular complexity index is 1650. The molecule has 0 aliphatic carbocycles. The standard InChI is InChI=1S/C29H22ClFN4O2S/c30-25-16-22(8-6-19(25)5-4-18-2-1-3-21(31)14-18)34-29-24-15-20(7-11-26(24)32-17-33-29)27-12-9-23(38-27)10-13-28(36)35-37/h1-3,6-17,37H,4-5H2,(H,35,36)(H,32,33,34)/b13-10+. The van der Waals surface area contributed by atoms with Crippen molar-refractivity contribution in [3.8, 4) is 10.4 Å². The summed E-state index contributed by atoms with van der Waals surface area (Å²) < 4.78 is 13.5. The fourth-order valence-corrected chi connectivity index (χ4v) is 5.22. The lowest BCUT2D eigenvalue weighted by atomic mass is 10.0. The number of aryl methyl sites for hydroxylation is 2. The smallest absolute Gasteiger partial charge is 0.267 e. The first-order valence-corrected chi connectivity index (χ1v) is 12.9. The molecule has 38 heavy (non-hydrogen) atoms. The molecule has 5 aromatic rings. The van der Waals surface area contributed by atoms with Gasteiger partial charge in [0.25, 0.3) is 5.91 Å². The van der Waals surface area contributed by atoms with Gasteiger partial charge in [0.2, 0.25) is 0 Å². The number of thiophene rings is 1. The maximum atomic E-state index is 13.5. The number of nitrogens with one attached hydrogen (secondary N) is 2. The van der Waals surface area contributed by atoms with Gasteiger partial charge in [-0.25, -0.2) is 19.8 Å². The van der Waals surface area contributed by atoms with Gasteiger partial charge in [-0.2, -0.15) is 0 Å². The zero-order chi connectivity index (χ0) is 26.5. The SMILES string of the molecule is O=C(/C=C/c1ccc(-c2ccc3ncnc(Nc4ccc(CCc5cccc(F)c5)c(Cl)c4)c3c2)s1)NO. The first kappa shape index (κ1) is 25.5. The normalized spacial score (nSPS) is 11.2. The lowest BCUT2D eigenvalue weighted by molar-refractivity contribution is -0.124. The Kier molecular flexibility index (Phi) is 7.74. The minimum atomic E-state index is -0.585. The summed E-state index contributed by atoms with van der Waals surface area (Å²) in [4.78, 5) is 22.0. The molecular formula is C29H22ClFN4O2S. The number of carbonyl (C=O) groups is 1. The molecule has 2 heterocycles. The third-order valence-electron chi connectivity index (χ3n) is 5.94. The van der Waals surface area contributed by atoms with Gasteiger partial charge in [0.05, 0.1) is 5.52 Å². The predicted molar refractivity (Wildman–Crippen MR) is 150 cm³/mol. The van der Waals surface area contributed by atoms with E-state index in [-0.39, 0.29) is 5.82 Å². The number of benzene rings is 3. The highest BCUT2D eigenvalue weighted by molar-refractivity contribution is 7.16. The van der Waals surface area contributed by atoms with Gasteiger partial charge in [0.15, 0.2) is 0 Å². The molecule has 3 N–H and O–H groups in total. The van der Waals surface area contributed by atoms with Gasteiger partial charge in [-0.1, -0.05) is 35.9 Å². The number of aromatic nitrogens is 2. The zero-order valence-corrected chi connectivity index (χ0v) is 21.6. The van der Waals surface area contributed by atoms with E-state index in [9.17, 15) is 9.18 Å². The van der Waals surface area contributed by atoms with Crippen LogP contribution in [0, 0.1) is 5.82 Å². The molecule has 0 aliphatic rings. The Morgan fingerprint density at radius 1 is 1.03 bits per heavy atom. The van der Waals surface area contributed by atoms with Crippen LogP contribution in [0.3, 0.4) is 0 Å². The minimum Gasteiger partial charge on any atom is -0.340 e. The van der Waals surface area contributed by atoms with E-state index in [2.05, 4.69) is 15.3 Å². The molecule has 0 spiro atoms. The molecule has 5 rings (SSSR count). The van der Waals surface area contributed by atoms with Gasteiger partial charge >= 0.3 is 0 Å². The number of fused-ring (bicyclic) bond motifs is 1. The van der Waals surface area contributed by atoms with Crippen LogP contribution in [0.1, 0.15) is 16.0 Å². The summed E-state index contributed by atoms with van der Waals surface area (Å²) >= 11 is 8.10. The average Bonchev–Trinajstić information content (AvgIpc) is 3.40. The molecule has 0 unspecified atom stereocenters. The molecule has 0 fully saturated rings. The monoisotopic (exact) mass is 544 g/mol. The lowest BCUT2D eigenvalue weighted by Crippen LogP contribution is -2.14. The summed E-state index contributed by atoms with van der Waals surface area (Å²) in [5.41, 5.74) is 6.06. The van der Waals surface area contributed by atoms with E-state index < -0.39 is 5.91 Å². The van der Waals surface area contributed by atoms with Gasteiger partial charge in [-0.05, 0) is 84.1 Å². The van der Waals surface area contributed by atoms with E-state index >= 15 is 0 Å². The van der Waals surface area contributed by atoms with Gasteiger partial charge in [-0.15, -0.1) is 11.3 Å². The van der Waals surface area contributed by atoms with Crippen molar-refractivity contribution in [2.24, 2.45) is 0 Å². The average molecular weight is 545 g/mol. The Morgan fingerprint density at radius 2 is 1.92 bits per heavy atom. The quantitative estimate of drug-likeness (QED) is 0.109. The van der Waals surface area contributed by atoms with Gasteiger partial charge in [0, 0.05) is 31.9 Å². The van der Waals surface area contributed by atoms with Crippen molar-refractivity contribution >= 4 is 57.3 Å². The van der Waals surface area contributed by atoms with E-state index in [0.717, 1.165) is 43.0 Å². The van der Waals surface area contributed by atoms with Crippen molar-refractivity contribution in [1.82, 2.24) is 15.4 Å². The van der Waals surface area contributed by atoms with E-state index in [1.807, 2.05) is 54.6 Å². The second-order valence-electron chi connectivity index (χ2n) is 8.53. The summed E-state index contributed by atoms with van der Waals surface area (Å²) in [7, 11) is 0. The molecule has 0 saturated heterocycles. The fraction of sp³-hybridized carbons (Fsp3) is 0.0690. The largest absolute Gasteiger partial charge is 0.340 e. The van der Waals surface area contributed by atoms with Crippen LogP contribution in [-0.4, -0.2) is 21.1 Å². The molecule has 6 nitrogen and oxygen atoms in total. The van der Waals surface area contributed by atoms with Crippen molar-refractivity contribution in [2.45, 2.75) is 12.8 Å². The first-order chi connectivity index (χ1) is 18.5.